The lowest BCUT2D eigenvalue weighted by atomic mass is 9.87. The van der Waals surface area contributed by atoms with Gasteiger partial charge in [0.15, 0.2) is 0 Å². The van der Waals surface area contributed by atoms with Gasteiger partial charge in [-0.15, -0.1) is 0 Å². The molecule has 0 aliphatic rings. The second kappa shape index (κ2) is 8.10. The highest BCUT2D eigenvalue weighted by Crippen LogP contribution is 2.40. The van der Waals surface area contributed by atoms with Crippen molar-refractivity contribution in [2.24, 2.45) is 7.05 Å². The number of carbonyl (C=O) groups is 1. The molecule has 2 aromatic carbocycles. The number of methoxy groups -OCH3 is 2. The van der Waals surface area contributed by atoms with Crippen molar-refractivity contribution in [1.82, 2.24) is 9.78 Å². The fourth-order valence-corrected chi connectivity index (χ4v) is 3.29. The van der Waals surface area contributed by atoms with E-state index >= 15 is 0 Å². The lowest BCUT2D eigenvalue weighted by Crippen LogP contribution is -2.13. The normalized spacial score (nSPS) is 11.3. The fourth-order valence-electron chi connectivity index (χ4n) is 3.29. The van der Waals surface area contributed by atoms with Crippen LogP contribution in [0, 0.1) is 0 Å². The number of hydrogen-bond acceptors (Lipinski definition) is 5. The van der Waals surface area contributed by atoms with E-state index in [-0.39, 0.29) is 11.0 Å². The number of aromatic carboxylic acids is 1. The van der Waals surface area contributed by atoms with Gasteiger partial charge in [0.05, 0.1) is 31.2 Å². The molecule has 0 saturated heterocycles. The first-order chi connectivity index (χ1) is 14.2. The van der Waals surface area contributed by atoms with E-state index in [1.165, 1.54) is 13.2 Å². The zero-order valence-corrected chi connectivity index (χ0v) is 18.1. The maximum Gasteiger partial charge on any atom is 0.337 e. The number of aromatic nitrogens is 2. The van der Waals surface area contributed by atoms with Gasteiger partial charge in [-0.1, -0.05) is 32.9 Å². The number of carboxylic acids is 1. The summed E-state index contributed by atoms with van der Waals surface area (Å²) in [7, 11) is 4.98. The first-order valence-corrected chi connectivity index (χ1v) is 9.56. The third-order valence-electron chi connectivity index (χ3n) is 4.85. The molecule has 0 radical (unpaired) electrons. The van der Waals surface area contributed by atoms with Gasteiger partial charge < -0.3 is 19.9 Å². The van der Waals surface area contributed by atoms with Crippen molar-refractivity contribution < 1.29 is 19.4 Å². The van der Waals surface area contributed by atoms with Crippen LogP contribution in [0.25, 0.3) is 11.1 Å². The molecule has 0 fully saturated rings. The molecule has 3 rings (SSSR count). The number of nitrogens with one attached hydrogen (secondary N) is 1. The van der Waals surface area contributed by atoms with E-state index < -0.39 is 5.97 Å². The van der Waals surface area contributed by atoms with E-state index in [1.54, 1.807) is 23.9 Å². The molecule has 0 spiro atoms. The van der Waals surface area contributed by atoms with Crippen LogP contribution in [0.3, 0.4) is 0 Å². The van der Waals surface area contributed by atoms with Gasteiger partial charge in [-0.05, 0) is 35.9 Å². The Bertz CT molecular complexity index is 1060. The van der Waals surface area contributed by atoms with E-state index in [2.05, 4.69) is 26.1 Å². The van der Waals surface area contributed by atoms with E-state index in [0.717, 1.165) is 22.6 Å². The zero-order chi connectivity index (χ0) is 22.1. The minimum Gasteiger partial charge on any atom is -0.497 e. The number of hydrogen-bond donors (Lipinski definition) is 2. The highest BCUT2D eigenvalue weighted by molar-refractivity contribution is 5.96. The molecule has 3 aromatic rings. The van der Waals surface area contributed by atoms with E-state index in [0.29, 0.717) is 17.3 Å². The monoisotopic (exact) mass is 409 g/mol. The Morgan fingerprint density at radius 2 is 1.63 bits per heavy atom. The minimum absolute atomic E-state index is 0.119. The maximum absolute atomic E-state index is 11.8. The van der Waals surface area contributed by atoms with Crippen molar-refractivity contribution in [2.45, 2.75) is 26.2 Å². The third-order valence-corrected chi connectivity index (χ3v) is 4.85. The smallest absolute Gasteiger partial charge is 0.337 e. The number of aryl methyl sites for hydroxylation is 1. The molecule has 1 aromatic heterocycles. The highest BCUT2D eigenvalue weighted by atomic mass is 16.5. The second-order valence-electron chi connectivity index (χ2n) is 8.02. The molecule has 2 N–H and O–H groups in total. The number of rotatable bonds is 6. The molecule has 0 aliphatic carbocycles. The SMILES string of the molecule is COc1ccc(-c2c(C(C)(C)C)nn(C)c2Nc2ccc(OC)cc2C(=O)O)cc1. The molecule has 0 atom stereocenters. The topological polar surface area (TPSA) is 85.6 Å². The van der Waals surface area contributed by atoms with Crippen molar-refractivity contribution >= 4 is 17.5 Å². The van der Waals surface area contributed by atoms with Gasteiger partial charge in [0, 0.05) is 18.0 Å². The van der Waals surface area contributed by atoms with Crippen LogP contribution in [0.2, 0.25) is 0 Å². The summed E-state index contributed by atoms with van der Waals surface area (Å²) >= 11 is 0. The number of ether oxygens (including phenoxy) is 2. The summed E-state index contributed by atoms with van der Waals surface area (Å²) in [5.74, 6) is 0.907. The molecular weight excluding hydrogens is 382 g/mol. The van der Waals surface area contributed by atoms with Gasteiger partial charge >= 0.3 is 5.97 Å². The van der Waals surface area contributed by atoms with Crippen LogP contribution in [0.1, 0.15) is 36.8 Å². The van der Waals surface area contributed by atoms with Crippen molar-refractivity contribution in [3.8, 4) is 22.6 Å². The summed E-state index contributed by atoms with van der Waals surface area (Å²) < 4.78 is 12.2. The molecule has 7 heteroatoms. The Hall–Kier alpha value is -3.48. The predicted octanol–water partition coefficient (Wildman–Crippen LogP) is 4.84. The lowest BCUT2D eigenvalue weighted by molar-refractivity contribution is 0.0697. The Labute approximate surface area is 176 Å². The van der Waals surface area contributed by atoms with Crippen LogP contribution in [0.5, 0.6) is 11.5 Å². The van der Waals surface area contributed by atoms with Crippen LogP contribution in [-0.2, 0) is 12.5 Å². The second-order valence-corrected chi connectivity index (χ2v) is 8.02. The Kier molecular flexibility index (Phi) is 5.73. The quantitative estimate of drug-likeness (QED) is 0.606. The van der Waals surface area contributed by atoms with Crippen LogP contribution < -0.4 is 14.8 Å². The maximum atomic E-state index is 11.8. The minimum atomic E-state index is -1.04. The van der Waals surface area contributed by atoms with Crippen LogP contribution >= 0.6 is 0 Å². The number of benzene rings is 2. The number of nitrogens with zero attached hydrogens (tertiary/aromatic N) is 2. The summed E-state index contributed by atoms with van der Waals surface area (Å²) in [6.07, 6.45) is 0. The Morgan fingerprint density at radius 1 is 1.03 bits per heavy atom. The standard InChI is InChI=1S/C23H27N3O4/c1-23(2,3)20-19(14-7-9-15(29-5)10-8-14)21(26(4)25-20)24-18-12-11-16(30-6)13-17(18)22(27)28/h7-13,24H,1-6H3,(H,27,28). The van der Waals surface area contributed by atoms with Crippen LogP contribution in [0.4, 0.5) is 11.5 Å². The lowest BCUT2D eigenvalue weighted by Gasteiger charge is -2.19. The summed E-state index contributed by atoms with van der Waals surface area (Å²) in [5.41, 5.74) is 3.14. The van der Waals surface area contributed by atoms with E-state index in [4.69, 9.17) is 14.6 Å². The number of anilines is 2. The molecule has 1 heterocycles. The Morgan fingerprint density at radius 3 is 2.17 bits per heavy atom. The molecule has 7 nitrogen and oxygen atoms in total. The zero-order valence-electron chi connectivity index (χ0n) is 18.1. The first kappa shape index (κ1) is 21.2. The summed E-state index contributed by atoms with van der Waals surface area (Å²) in [6.45, 7) is 6.30. The van der Waals surface area contributed by atoms with Gasteiger partial charge in [-0.25, -0.2) is 4.79 Å². The largest absolute Gasteiger partial charge is 0.497 e. The highest BCUT2D eigenvalue weighted by Gasteiger charge is 2.27. The molecule has 30 heavy (non-hydrogen) atoms. The molecule has 0 amide bonds. The summed E-state index contributed by atoms with van der Waals surface area (Å²) in [6, 6.07) is 12.7. The van der Waals surface area contributed by atoms with Gasteiger partial charge in [-0.3, -0.25) is 4.68 Å². The molecule has 0 saturated carbocycles. The summed E-state index contributed by atoms with van der Waals surface area (Å²) in [5, 5.41) is 17.7. The average Bonchev–Trinajstić information content (AvgIpc) is 3.05. The molecule has 0 bridgehead atoms. The fraction of sp³-hybridized carbons (Fsp3) is 0.304. The van der Waals surface area contributed by atoms with E-state index in [1.807, 2.05) is 31.3 Å². The van der Waals surface area contributed by atoms with Crippen molar-refractivity contribution in [3.63, 3.8) is 0 Å². The third kappa shape index (κ3) is 4.10. The number of carboxylic acid groups (broad SMARTS) is 1. The molecule has 0 aliphatic heterocycles. The van der Waals surface area contributed by atoms with Gasteiger partial charge in [0.25, 0.3) is 0 Å². The predicted molar refractivity (Wildman–Crippen MR) is 117 cm³/mol. The van der Waals surface area contributed by atoms with Gasteiger partial charge in [-0.2, -0.15) is 5.10 Å². The van der Waals surface area contributed by atoms with Gasteiger partial charge in [0.1, 0.15) is 17.3 Å². The van der Waals surface area contributed by atoms with Crippen LogP contribution in [-0.4, -0.2) is 35.1 Å². The molecule has 158 valence electrons. The molecular formula is C23H27N3O4. The van der Waals surface area contributed by atoms with Crippen LogP contribution in [0.15, 0.2) is 42.5 Å². The summed E-state index contributed by atoms with van der Waals surface area (Å²) in [4.78, 5) is 11.8. The molecule has 0 unspecified atom stereocenters. The van der Waals surface area contributed by atoms with Crippen molar-refractivity contribution in [2.75, 3.05) is 19.5 Å². The Balaban J connectivity index is 2.18. The van der Waals surface area contributed by atoms with Crippen molar-refractivity contribution in [1.29, 1.82) is 0 Å². The van der Waals surface area contributed by atoms with Crippen molar-refractivity contribution in [3.05, 3.63) is 53.7 Å². The average molecular weight is 409 g/mol. The van der Waals surface area contributed by atoms with E-state index in [9.17, 15) is 9.90 Å². The first-order valence-electron chi connectivity index (χ1n) is 9.56. The van der Waals surface area contributed by atoms with Gasteiger partial charge in [0.2, 0.25) is 0 Å².